The van der Waals surface area contributed by atoms with E-state index >= 15 is 0 Å². The van der Waals surface area contributed by atoms with E-state index in [0.29, 0.717) is 0 Å². The van der Waals surface area contributed by atoms with Gasteiger partial charge in [0.15, 0.2) is 0 Å². The lowest BCUT2D eigenvalue weighted by Crippen LogP contribution is -2.53. The Hall–Kier alpha value is -0.240. The number of rotatable bonds is 1. The minimum atomic E-state index is -1.61. The molecule has 0 aromatic rings. The van der Waals surface area contributed by atoms with Crippen molar-refractivity contribution in [1.82, 2.24) is 0 Å². The quantitative estimate of drug-likeness (QED) is 0.285. The van der Waals surface area contributed by atoms with E-state index in [0.717, 1.165) is 0 Å². The molecule has 6 nitrogen and oxygen atoms in total. The maximum Gasteiger partial charge on any atom is 0.111 e. The fraction of sp³-hybridized carbons (Fsp3) is 1.00. The average molecular weight is 222 g/mol. The SMILES string of the molecule is OC[C@H]1CC[C@@H](O)[C@@H](O)[C@@H](O)[C@@H](O)[C@H]1O. The minimum absolute atomic E-state index is 0.160. The van der Waals surface area contributed by atoms with Crippen LogP contribution >= 0.6 is 0 Å². The van der Waals surface area contributed by atoms with E-state index < -0.39 is 36.4 Å². The fourth-order valence-corrected chi connectivity index (χ4v) is 1.84. The van der Waals surface area contributed by atoms with Gasteiger partial charge in [0.25, 0.3) is 0 Å². The zero-order valence-electron chi connectivity index (χ0n) is 8.27. The predicted molar refractivity (Wildman–Crippen MR) is 49.8 cm³/mol. The molecule has 0 saturated heterocycles. The van der Waals surface area contributed by atoms with E-state index in [1.165, 1.54) is 0 Å². The van der Waals surface area contributed by atoms with Crippen LogP contribution in [0.25, 0.3) is 0 Å². The van der Waals surface area contributed by atoms with Crippen LogP contribution in [0, 0.1) is 5.92 Å². The van der Waals surface area contributed by atoms with Gasteiger partial charge in [0.05, 0.1) is 12.2 Å². The molecule has 90 valence electrons. The van der Waals surface area contributed by atoms with Crippen molar-refractivity contribution >= 4 is 0 Å². The molecule has 0 heterocycles. The van der Waals surface area contributed by atoms with Crippen LogP contribution in [0.4, 0.5) is 0 Å². The van der Waals surface area contributed by atoms with Crippen LogP contribution in [-0.2, 0) is 0 Å². The summed E-state index contributed by atoms with van der Waals surface area (Å²) in [6, 6.07) is 0. The van der Waals surface area contributed by atoms with E-state index in [-0.39, 0.29) is 19.4 Å². The van der Waals surface area contributed by atoms with Crippen LogP contribution in [0.1, 0.15) is 12.8 Å². The van der Waals surface area contributed by atoms with Crippen molar-refractivity contribution in [3.63, 3.8) is 0 Å². The number of aliphatic hydroxyl groups excluding tert-OH is 6. The van der Waals surface area contributed by atoms with Gasteiger partial charge in [-0.1, -0.05) is 0 Å². The van der Waals surface area contributed by atoms with Gasteiger partial charge in [0.2, 0.25) is 0 Å². The van der Waals surface area contributed by atoms with Crippen LogP contribution in [-0.4, -0.2) is 67.8 Å². The van der Waals surface area contributed by atoms with Crippen LogP contribution in [0.3, 0.4) is 0 Å². The monoisotopic (exact) mass is 222 g/mol. The lowest BCUT2D eigenvalue weighted by molar-refractivity contribution is -0.160. The Morgan fingerprint density at radius 3 is 1.80 bits per heavy atom. The van der Waals surface area contributed by atoms with Crippen molar-refractivity contribution in [2.75, 3.05) is 6.61 Å². The van der Waals surface area contributed by atoms with Gasteiger partial charge in [-0.05, 0) is 12.8 Å². The second kappa shape index (κ2) is 5.20. The third-order valence-corrected chi connectivity index (χ3v) is 2.99. The first-order valence-corrected chi connectivity index (χ1v) is 5.00. The molecular formula is C9H18O6. The summed E-state index contributed by atoms with van der Waals surface area (Å²) in [5, 5.41) is 56.1. The standard InChI is InChI=1S/C9H18O6/c10-3-4-1-2-5(11)7(13)9(15)8(14)6(4)12/h4-15H,1-3H2/t4-,5-,6+,7-,8+,9-/m1/s1. The Kier molecular flexibility index (Phi) is 4.45. The first-order chi connectivity index (χ1) is 6.99. The van der Waals surface area contributed by atoms with Gasteiger partial charge in [-0.25, -0.2) is 0 Å². The minimum Gasteiger partial charge on any atom is -0.396 e. The van der Waals surface area contributed by atoms with Crippen molar-refractivity contribution < 1.29 is 30.6 Å². The topological polar surface area (TPSA) is 121 Å². The molecule has 1 rings (SSSR count). The highest BCUT2D eigenvalue weighted by atomic mass is 16.4. The molecule has 6 heteroatoms. The Balaban J connectivity index is 2.77. The molecule has 1 aliphatic carbocycles. The molecule has 0 aliphatic heterocycles. The third kappa shape index (κ3) is 2.66. The Morgan fingerprint density at radius 1 is 0.733 bits per heavy atom. The van der Waals surface area contributed by atoms with Crippen LogP contribution in [0.15, 0.2) is 0 Å². The molecule has 1 saturated carbocycles. The molecule has 0 radical (unpaired) electrons. The summed E-state index contributed by atoms with van der Waals surface area (Å²) >= 11 is 0. The van der Waals surface area contributed by atoms with E-state index in [1.807, 2.05) is 0 Å². The van der Waals surface area contributed by atoms with Gasteiger partial charge in [0, 0.05) is 12.5 Å². The summed E-state index contributed by atoms with van der Waals surface area (Å²) in [6.07, 6.45) is -6.67. The average Bonchev–Trinajstić information content (AvgIpc) is 2.25. The Morgan fingerprint density at radius 2 is 1.27 bits per heavy atom. The van der Waals surface area contributed by atoms with Gasteiger partial charge in [-0.15, -0.1) is 0 Å². The van der Waals surface area contributed by atoms with Gasteiger partial charge in [-0.3, -0.25) is 0 Å². The second-order valence-corrected chi connectivity index (χ2v) is 4.05. The maximum atomic E-state index is 9.55. The zero-order chi connectivity index (χ0) is 11.6. The first kappa shape index (κ1) is 12.8. The highest BCUT2D eigenvalue weighted by Gasteiger charge is 2.39. The van der Waals surface area contributed by atoms with Gasteiger partial charge in [0.1, 0.15) is 18.3 Å². The largest absolute Gasteiger partial charge is 0.396 e. The van der Waals surface area contributed by atoms with Crippen LogP contribution in [0.2, 0.25) is 0 Å². The summed E-state index contributed by atoms with van der Waals surface area (Å²) in [6.45, 7) is -0.340. The smallest absolute Gasteiger partial charge is 0.111 e. The molecule has 1 fully saturated rings. The molecule has 15 heavy (non-hydrogen) atoms. The highest BCUT2D eigenvalue weighted by Crippen LogP contribution is 2.24. The lowest BCUT2D eigenvalue weighted by atomic mass is 9.83. The summed E-state index contributed by atoms with van der Waals surface area (Å²) in [4.78, 5) is 0. The molecule has 1 aliphatic rings. The summed E-state index contributed by atoms with van der Waals surface area (Å²) in [5.41, 5.74) is 0. The van der Waals surface area contributed by atoms with Crippen molar-refractivity contribution in [3.05, 3.63) is 0 Å². The predicted octanol–water partition coefficient (Wildman–Crippen LogP) is -2.81. The van der Waals surface area contributed by atoms with Gasteiger partial charge < -0.3 is 30.6 Å². The van der Waals surface area contributed by atoms with Crippen molar-refractivity contribution in [2.24, 2.45) is 5.92 Å². The molecule has 6 atom stereocenters. The van der Waals surface area contributed by atoms with Crippen LogP contribution < -0.4 is 0 Å². The van der Waals surface area contributed by atoms with Crippen molar-refractivity contribution in [3.8, 4) is 0 Å². The summed E-state index contributed by atoms with van der Waals surface area (Å²) in [7, 11) is 0. The molecule has 0 aromatic carbocycles. The summed E-state index contributed by atoms with van der Waals surface area (Å²) < 4.78 is 0. The second-order valence-electron chi connectivity index (χ2n) is 4.05. The number of hydrogen-bond donors (Lipinski definition) is 6. The molecular weight excluding hydrogens is 204 g/mol. The van der Waals surface area contributed by atoms with E-state index in [1.54, 1.807) is 0 Å². The normalized spacial score (nSPS) is 48.4. The molecule has 0 aromatic heterocycles. The van der Waals surface area contributed by atoms with Crippen molar-refractivity contribution in [1.29, 1.82) is 0 Å². The fourth-order valence-electron chi connectivity index (χ4n) is 1.84. The van der Waals surface area contributed by atoms with Crippen LogP contribution in [0.5, 0.6) is 0 Å². The summed E-state index contributed by atoms with van der Waals surface area (Å²) in [5.74, 6) is -0.600. The highest BCUT2D eigenvalue weighted by molar-refractivity contribution is 4.90. The Labute approximate surface area is 87.4 Å². The third-order valence-electron chi connectivity index (χ3n) is 2.99. The molecule has 0 unspecified atom stereocenters. The molecule has 6 N–H and O–H groups in total. The van der Waals surface area contributed by atoms with Crippen molar-refractivity contribution in [2.45, 2.75) is 43.4 Å². The van der Waals surface area contributed by atoms with E-state index in [4.69, 9.17) is 5.11 Å². The zero-order valence-corrected chi connectivity index (χ0v) is 8.27. The Bertz CT molecular complexity index is 195. The number of hydrogen-bond acceptors (Lipinski definition) is 6. The maximum absolute atomic E-state index is 9.55. The lowest BCUT2D eigenvalue weighted by Gasteiger charge is -2.35. The van der Waals surface area contributed by atoms with Gasteiger partial charge >= 0.3 is 0 Å². The molecule has 0 amide bonds. The van der Waals surface area contributed by atoms with E-state index in [9.17, 15) is 25.5 Å². The number of aliphatic hydroxyl groups is 6. The van der Waals surface area contributed by atoms with E-state index in [2.05, 4.69) is 0 Å². The van der Waals surface area contributed by atoms with Gasteiger partial charge in [-0.2, -0.15) is 0 Å². The molecule has 0 spiro atoms. The molecule has 0 bridgehead atoms. The first-order valence-electron chi connectivity index (χ1n) is 5.00.